The number of nitrogens with zero attached hydrogens (tertiary/aromatic N) is 1. The van der Waals surface area contributed by atoms with Gasteiger partial charge in [0.25, 0.3) is 0 Å². The second-order valence-electron chi connectivity index (χ2n) is 7.03. The Hall–Kier alpha value is -2.38. The summed E-state index contributed by atoms with van der Waals surface area (Å²) in [5, 5.41) is 2.82. The Morgan fingerprint density at radius 3 is 2.39 bits per heavy atom. The highest BCUT2D eigenvalue weighted by atomic mass is 32.2. The fourth-order valence-electron chi connectivity index (χ4n) is 3.39. The van der Waals surface area contributed by atoms with E-state index >= 15 is 0 Å². The average molecular weight is 403 g/mol. The highest BCUT2D eigenvalue weighted by molar-refractivity contribution is 7.89. The Balaban J connectivity index is 1.67. The van der Waals surface area contributed by atoms with Gasteiger partial charge in [-0.2, -0.15) is 4.31 Å². The largest absolute Gasteiger partial charge is 0.496 e. The Morgan fingerprint density at radius 1 is 1.07 bits per heavy atom. The summed E-state index contributed by atoms with van der Waals surface area (Å²) in [5.41, 5.74) is 2.43. The lowest BCUT2D eigenvalue weighted by Crippen LogP contribution is -2.35. The monoisotopic (exact) mass is 402 g/mol. The van der Waals surface area contributed by atoms with Crippen LogP contribution in [0.15, 0.2) is 47.4 Å². The van der Waals surface area contributed by atoms with E-state index in [4.69, 9.17) is 4.74 Å². The molecule has 2 aromatic carbocycles. The molecule has 0 atom stereocenters. The number of rotatable bonds is 6. The number of hydrogen-bond acceptors (Lipinski definition) is 4. The SMILES string of the molecule is COc1ccc(C)cc1CC(=O)Nc1ccc(S(=O)(=O)N2CCCCC2)cc1. The number of piperidine rings is 1. The molecular weight excluding hydrogens is 376 g/mol. The highest BCUT2D eigenvalue weighted by Crippen LogP contribution is 2.23. The normalized spacial score (nSPS) is 15.2. The third-order valence-electron chi connectivity index (χ3n) is 4.88. The van der Waals surface area contributed by atoms with Crippen LogP contribution >= 0.6 is 0 Å². The van der Waals surface area contributed by atoms with Crippen molar-refractivity contribution in [2.45, 2.75) is 37.5 Å². The molecule has 0 aromatic heterocycles. The van der Waals surface area contributed by atoms with Crippen molar-refractivity contribution in [1.82, 2.24) is 4.31 Å². The van der Waals surface area contributed by atoms with Crippen LogP contribution in [-0.2, 0) is 21.2 Å². The number of benzene rings is 2. The van der Waals surface area contributed by atoms with Gasteiger partial charge in [-0.25, -0.2) is 8.42 Å². The van der Waals surface area contributed by atoms with Crippen LogP contribution < -0.4 is 10.1 Å². The van der Waals surface area contributed by atoms with Crippen molar-refractivity contribution in [1.29, 1.82) is 0 Å². The molecule has 6 nitrogen and oxygen atoms in total. The van der Waals surface area contributed by atoms with Crippen molar-refractivity contribution >= 4 is 21.6 Å². The van der Waals surface area contributed by atoms with E-state index in [2.05, 4.69) is 5.32 Å². The maximum atomic E-state index is 12.7. The first kappa shape index (κ1) is 20.4. The summed E-state index contributed by atoms with van der Waals surface area (Å²) in [6.45, 7) is 3.10. The molecule has 150 valence electrons. The van der Waals surface area contributed by atoms with Crippen molar-refractivity contribution in [3.8, 4) is 5.75 Å². The molecule has 1 amide bonds. The van der Waals surface area contributed by atoms with Crippen LogP contribution in [0.25, 0.3) is 0 Å². The second-order valence-corrected chi connectivity index (χ2v) is 8.97. The molecule has 1 fully saturated rings. The first-order valence-electron chi connectivity index (χ1n) is 9.44. The summed E-state index contributed by atoms with van der Waals surface area (Å²) < 4.78 is 32.2. The van der Waals surface area contributed by atoms with E-state index in [-0.39, 0.29) is 17.2 Å². The van der Waals surface area contributed by atoms with Gasteiger partial charge < -0.3 is 10.1 Å². The van der Waals surface area contributed by atoms with Crippen LogP contribution in [0.2, 0.25) is 0 Å². The maximum Gasteiger partial charge on any atom is 0.243 e. The molecule has 1 aliphatic heterocycles. The van der Waals surface area contributed by atoms with Gasteiger partial charge in [0, 0.05) is 24.3 Å². The number of ether oxygens (including phenoxy) is 1. The smallest absolute Gasteiger partial charge is 0.243 e. The van der Waals surface area contributed by atoms with Gasteiger partial charge in [0.15, 0.2) is 0 Å². The fourth-order valence-corrected chi connectivity index (χ4v) is 4.91. The van der Waals surface area contributed by atoms with Crippen LogP contribution in [0.4, 0.5) is 5.69 Å². The van der Waals surface area contributed by atoms with Gasteiger partial charge in [0.2, 0.25) is 15.9 Å². The maximum absolute atomic E-state index is 12.7. The van der Waals surface area contributed by atoms with Crippen molar-refractivity contribution < 1.29 is 17.9 Å². The number of hydrogen-bond donors (Lipinski definition) is 1. The number of anilines is 1. The van der Waals surface area contributed by atoms with Crippen molar-refractivity contribution in [2.24, 2.45) is 0 Å². The van der Waals surface area contributed by atoms with E-state index in [1.165, 1.54) is 4.31 Å². The number of nitrogens with one attached hydrogen (secondary N) is 1. The van der Waals surface area contributed by atoms with E-state index in [1.54, 1.807) is 31.4 Å². The van der Waals surface area contributed by atoms with Crippen LogP contribution in [0.3, 0.4) is 0 Å². The molecule has 0 radical (unpaired) electrons. The molecule has 1 N–H and O–H groups in total. The standard InChI is InChI=1S/C21H26N2O4S/c1-16-6-11-20(27-2)17(14-16)15-21(24)22-18-7-9-19(10-8-18)28(25,26)23-12-4-3-5-13-23/h6-11,14H,3-5,12-13,15H2,1-2H3,(H,22,24). The van der Waals surface area contributed by atoms with E-state index in [0.717, 1.165) is 30.4 Å². The highest BCUT2D eigenvalue weighted by Gasteiger charge is 2.25. The molecule has 0 saturated carbocycles. The van der Waals surface area contributed by atoms with Crippen molar-refractivity contribution in [3.63, 3.8) is 0 Å². The predicted molar refractivity (Wildman–Crippen MR) is 109 cm³/mol. The van der Waals surface area contributed by atoms with Gasteiger partial charge >= 0.3 is 0 Å². The summed E-state index contributed by atoms with van der Waals surface area (Å²) >= 11 is 0. The molecule has 1 saturated heterocycles. The minimum absolute atomic E-state index is 0.179. The molecule has 2 aromatic rings. The molecule has 28 heavy (non-hydrogen) atoms. The fraction of sp³-hybridized carbons (Fsp3) is 0.381. The minimum Gasteiger partial charge on any atom is -0.496 e. The summed E-state index contributed by atoms with van der Waals surface area (Å²) in [4.78, 5) is 12.7. The van der Waals surface area contributed by atoms with Crippen LogP contribution in [0.5, 0.6) is 5.75 Å². The van der Waals surface area contributed by atoms with Crippen LogP contribution in [-0.4, -0.2) is 38.8 Å². The lowest BCUT2D eigenvalue weighted by molar-refractivity contribution is -0.115. The number of methoxy groups -OCH3 is 1. The van der Waals surface area contributed by atoms with Crippen LogP contribution in [0.1, 0.15) is 30.4 Å². The van der Waals surface area contributed by atoms with E-state index < -0.39 is 10.0 Å². The second kappa shape index (κ2) is 8.75. The molecule has 3 rings (SSSR count). The quantitative estimate of drug-likeness (QED) is 0.804. The Kier molecular flexibility index (Phi) is 6.36. The molecule has 0 bridgehead atoms. The molecule has 0 spiro atoms. The Morgan fingerprint density at radius 2 is 1.75 bits per heavy atom. The summed E-state index contributed by atoms with van der Waals surface area (Å²) in [6, 6.07) is 12.1. The van der Waals surface area contributed by atoms with Gasteiger partial charge in [-0.15, -0.1) is 0 Å². The lowest BCUT2D eigenvalue weighted by atomic mass is 10.1. The molecule has 7 heteroatoms. The number of carbonyl (C=O) groups excluding carboxylic acids is 1. The van der Waals surface area contributed by atoms with Gasteiger partial charge in [0.05, 0.1) is 18.4 Å². The molecular formula is C21H26N2O4S. The number of amides is 1. The van der Waals surface area contributed by atoms with Gasteiger partial charge in [-0.05, 0) is 50.1 Å². The zero-order valence-corrected chi connectivity index (χ0v) is 17.1. The number of carbonyl (C=O) groups is 1. The first-order chi connectivity index (χ1) is 13.4. The van der Waals surface area contributed by atoms with Gasteiger partial charge in [0.1, 0.15) is 5.75 Å². The molecule has 1 heterocycles. The van der Waals surface area contributed by atoms with Gasteiger partial charge in [-0.3, -0.25) is 4.79 Å². The molecule has 0 unspecified atom stereocenters. The Labute approximate surface area is 166 Å². The minimum atomic E-state index is -3.47. The first-order valence-corrected chi connectivity index (χ1v) is 10.9. The predicted octanol–water partition coefficient (Wildman–Crippen LogP) is 3.36. The topological polar surface area (TPSA) is 75.7 Å². The molecule has 1 aliphatic rings. The van der Waals surface area contributed by atoms with Crippen molar-refractivity contribution in [3.05, 3.63) is 53.6 Å². The number of aryl methyl sites for hydroxylation is 1. The van der Waals surface area contributed by atoms with Crippen LogP contribution in [0, 0.1) is 6.92 Å². The zero-order valence-electron chi connectivity index (χ0n) is 16.3. The lowest BCUT2D eigenvalue weighted by Gasteiger charge is -2.25. The van der Waals surface area contributed by atoms with E-state index in [0.29, 0.717) is 24.5 Å². The van der Waals surface area contributed by atoms with E-state index in [1.807, 2.05) is 25.1 Å². The van der Waals surface area contributed by atoms with Crippen molar-refractivity contribution in [2.75, 3.05) is 25.5 Å². The van der Waals surface area contributed by atoms with Gasteiger partial charge in [-0.1, -0.05) is 24.1 Å². The van der Waals surface area contributed by atoms with E-state index in [9.17, 15) is 13.2 Å². The number of sulfonamides is 1. The average Bonchev–Trinajstić information content (AvgIpc) is 2.69. The summed E-state index contributed by atoms with van der Waals surface area (Å²) in [7, 11) is -1.89. The third-order valence-corrected chi connectivity index (χ3v) is 6.79. The summed E-state index contributed by atoms with van der Waals surface area (Å²) in [5.74, 6) is 0.485. The Bertz CT molecular complexity index is 933. The summed E-state index contributed by atoms with van der Waals surface area (Å²) in [6.07, 6.45) is 3.05. The zero-order chi connectivity index (χ0) is 20.1. The third kappa shape index (κ3) is 4.72. The molecule has 0 aliphatic carbocycles.